The second-order valence-electron chi connectivity index (χ2n) is 9.24. The SMILES string of the molecule is Cc1cc(C)c2c(c1)[C@@]1(C(=O)N2)[C@@H]2C(=O)N(c3ccc(F)c(Cl)c3)C(=O)[C@@H]2[C@H]2CCCN21. The molecule has 3 amide bonds. The highest BCUT2D eigenvalue weighted by molar-refractivity contribution is 6.32. The molecule has 2 aromatic carbocycles. The first-order chi connectivity index (χ1) is 15.3. The van der Waals surface area contributed by atoms with Crippen LogP contribution in [-0.2, 0) is 19.9 Å². The maximum Gasteiger partial charge on any atom is 0.250 e. The van der Waals surface area contributed by atoms with E-state index in [1.165, 1.54) is 12.1 Å². The minimum atomic E-state index is -1.22. The number of aryl methyl sites for hydroxylation is 2. The van der Waals surface area contributed by atoms with E-state index in [9.17, 15) is 18.8 Å². The normalized spacial score (nSPS) is 30.8. The zero-order valence-electron chi connectivity index (χ0n) is 17.6. The molecule has 0 radical (unpaired) electrons. The van der Waals surface area contributed by atoms with Crippen molar-refractivity contribution >= 4 is 40.7 Å². The number of fused-ring (bicyclic) bond motifs is 7. The lowest BCUT2D eigenvalue weighted by Gasteiger charge is -2.36. The van der Waals surface area contributed by atoms with Gasteiger partial charge in [0.25, 0.3) is 0 Å². The summed E-state index contributed by atoms with van der Waals surface area (Å²) in [5, 5.41) is 2.86. The van der Waals surface area contributed by atoms with Crippen molar-refractivity contribution in [2.45, 2.75) is 38.3 Å². The number of amides is 3. The third kappa shape index (κ3) is 2.20. The van der Waals surface area contributed by atoms with Gasteiger partial charge in [-0.05, 0) is 57.0 Å². The Kier molecular flexibility index (Phi) is 3.97. The summed E-state index contributed by atoms with van der Waals surface area (Å²) < 4.78 is 13.7. The van der Waals surface area contributed by atoms with Gasteiger partial charge in [0.1, 0.15) is 11.4 Å². The van der Waals surface area contributed by atoms with E-state index < -0.39 is 29.1 Å². The molecule has 4 heterocycles. The fourth-order valence-corrected chi connectivity index (χ4v) is 6.71. The van der Waals surface area contributed by atoms with Crippen molar-refractivity contribution in [3.8, 4) is 0 Å². The number of nitrogens with one attached hydrogen (secondary N) is 1. The van der Waals surface area contributed by atoms with Gasteiger partial charge in [-0.3, -0.25) is 19.3 Å². The van der Waals surface area contributed by atoms with Crippen LogP contribution in [0.3, 0.4) is 0 Å². The summed E-state index contributed by atoms with van der Waals surface area (Å²) >= 11 is 5.95. The van der Waals surface area contributed by atoms with Crippen molar-refractivity contribution in [2.75, 3.05) is 16.8 Å². The third-order valence-corrected chi connectivity index (χ3v) is 7.89. The number of nitrogens with zero attached hydrogens (tertiary/aromatic N) is 2. The van der Waals surface area contributed by atoms with Gasteiger partial charge < -0.3 is 5.32 Å². The van der Waals surface area contributed by atoms with Crippen LogP contribution in [0, 0.1) is 31.5 Å². The van der Waals surface area contributed by atoms with E-state index in [1.54, 1.807) is 0 Å². The van der Waals surface area contributed by atoms with Crippen LogP contribution < -0.4 is 10.2 Å². The first-order valence-corrected chi connectivity index (χ1v) is 11.2. The van der Waals surface area contributed by atoms with Crippen LogP contribution in [0.1, 0.15) is 29.5 Å². The molecule has 6 nitrogen and oxygen atoms in total. The van der Waals surface area contributed by atoms with Crippen LogP contribution in [0.15, 0.2) is 30.3 Å². The number of carbonyl (C=O) groups is 3. The molecule has 1 spiro atoms. The molecule has 4 aliphatic heterocycles. The average Bonchev–Trinajstić information content (AvgIpc) is 3.44. The molecule has 164 valence electrons. The minimum absolute atomic E-state index is 0.160. The van der Waals surface area contributed by atoms with Gasteiger partial charge in [-0.1, -0.05) is 29.3 Å². The van der Waals surface area contributed by atoms with Crippen LogP contribution >= 0.6 is 11.6 Å². The lowest BCUT2D eigenvalue weighted by Crippen LogP contribution is -2.54. The third-order valence-electron chi connectivity index (χ3n) is 7.60. The molecule has 6 rings (SSSR count). The number of imide groups is 1. The lowest BCUT2D eigenvalue weighted by molar-refractivity contribution is -0.135. The molecule has 0 saturated carbocycles. The van der Waals surface area contributed by atoms with Crippen LogP contribution in [-0.4, -0.2) is 35.2 Å². The molecular weight excluding hydrogens is 433 g/mol. The number of anilines is 2. The van der Waals surface area contributed by atoms with E-state index in [1.807, 2.05) is 26.0 Å². The number of halogens is 2. The van der Waals surface area contributed by atoms with Crippen molar-refractivity contribution in [1.82, 2.24) is 4.90 Å². The summed E-state index contributed by atoms with van der Waals surface area (Å²) in [5.41, 5.74) is 2.46. The number of carbonyl (C=O) groups excluding carboxylic acids is 3. The molecule has 0 bridgehead atoms. The quantitative estimate of drug-likeness (QED) is 0.671. The first-order valence-electron chi connectivity index (χ1n) is 10.8. The molecule has 1 N–H and O–H groups in total. The van der Waals surface area contributed by atoms with Gasteiger partial charge in [-0.2, -0.15) is 0 Å². The molecule has 3 saturated heterocycles. The van der Waals surface area contributed by atoms with Crippen LogP contribution in [0.2, 0.25) is 5.02 Å². The number of benzene rings is 2. The van der Waals surface area contributed by atoms with E-state index >= 15 is 0 Å². The van der Waals surface area contributed by atoms with Gasteiger partial charge in [0, 0.05) is 17.3 Å². The molecule has 2 aromatic rings. The monoisotopic (exact) mass is 453 g/mol. The Balaban J connectivity index is 1.57. The summed E-state index contributed by atoms with van der Waals surface area (Å²) in [6.45, 7) is 4.56. The van der Waals surface area contributed by atoms with E-state index in [-0.39, 0.29) is 28.6 Å². The smallest absolute Gasteiger partial charge is 0.250 e. The highest BCUT2D eigenvalue weighted by Crippen LogP contribution is 2.61. The van der Waals surface area contributed by atoms with Crippen LogP contribution in [0.25, 0.3) is 0 Å². The van der Waals surface area contributed by atoms with Gasteiger partial charge >= 0.3 is 0 Å². The fraction of sp³-hybridized carbons (Fsp3) is 0.375. The van der Waals surface area contributed by atoms with Crippen molar-refractivity contribution < 1.29 is 18.8 Å². The zero-order chi connectivity index (χ0) is 22.5. The molecular formula is C24H21ClFN3O3. The van der Waals surface area contributed by atoms with E-state index in [4.69, 9.17) is 11.6 Å². The average molecular weight is 454 g/mol. The van der Waals surface area contributed by atoms with E-state index in [2.05, 4.69) is 10.2 Å². The summed E-state index contributed by atoms with van der Waals surface area (Å²) in [6.07, 6.45) is 1.60. The maximum absolute atomic E-state index is 13.9. The standard InChI is InChI=1S/C24H21ClFN3O3/c1-11-8-12(2)20-14(9-11)24(23(32)27-20)19-18(17-4-3-7-28(17)24)21(30)29(22(19)31)13-5-6-16(26)15(25)10-13/h5-6,8-10,17-19H,3-4,7H2,1-2H3,(H,27,32)/t17-,18-,19+,24+/m1/s1. The molecule has 8 heteroatoms. The number of hydrogen-bond donors (Lipinski definition) is 1. The van der Waals surface area contributed by atoms with Crippen molar-refractivity contribution in [3.05, 3.63) is 57.9 Å². The van der Waals surface area contributed by atoms with Gasteiger partial charge in [0.05, 0.1) is 22.5 Å². The lowest BCUT2D eigenvalue weighted by atomic mass is 9.75. The Labute approximate surface area is 189 Å². The van der Waals surface area contributed by atoms with Crippen LogP contribution in [0.5, 0.6) is 0 Å². The molecule has 32 heavy (non-hydrogen) atoms. The highest BCUT2D eigenvalue weighted by Gasteiger charge is 2.74. The Bertz CT molecular complexity index is 1250. The summed E-state index contributed by atoms with van der Waals surface area (Å²) in [6, 6.07) is 7.59. The summed E-state index contributed by atoms with van der Waals surface area (Å²) in [4.78, 5) is 44.4. The van der Waals surface area contributed by atoms with Crippen molar-refractivity contribution in [1.29, 1.82) is 0 Å². The Hall–Kier alpha value is -2.77. The Morgan fingerprint density at radius 3 is 2.66 bits per heavy atom. The Morgan fingerprint density at radius 2 is 1.91 bits per heavy atom. The fourth-order valence-electron chi connectivity index (χ4n) is 6.54. The first kappa shape index (κ1) is 19.9. The largest absolute Gasteiger partial charge is 0.324 e. The van der Waals surface area contributed by atoms with E-state index in [0.717, 1.165) is 46.2 Å². The van der Waals surface area contributed by atoms with Crippen LogP contribution in [0.4, 0.5) is 15.8 Å². The molecule has 0 aliphatic carbocycles. The number of rotatable bonds is 1. The van der Waals surface area contributed by atoms with Gasteiger partial charge in [-0.25, -0.2) is 9.29 Å². The summed E-state index contributed by atoms with van der Waals surface area (Å²) in [7, 11) is 0. The number of hydrogen-bond acceptors (Lipinski definition) is 4. The van der Waals surface area contributed by atoms with Crippen molar-refractivity contribution in [3.63, 3.8) is 0 Å². The molecule has 4 aliphatic rings. The minimum Gasteiger partial charge on any atom is -0.324 e. The van der Waals surface area contributed by atoms with Crippen molar-refractivity contribution in [2.24, 2.45) is 11.8 Å². The predicted molar refractivity (Wildman–Crippen MR) is 117 cm³/mol. The van der Waals surface area contributed by atoms with Gasteiger partial charge in [-0.15, -0.1) is 0 Å². The van der Waals surface area contributed by atoms with Gasteiger partial charge in [0.2, 0.25) is 17.7 Å². The predicted octanol–water partition coefficient (Wildman–Crippen LogP) is 3.53. The molecule has 0 unspecified atom stereocenters. The van der Waals surface area contributed by atoms with E-state index in [0.29, 0.717) is 6.54 Å². The topological polar surface area (TPSA) is 69.7 Å². The molecule has 0 aromatic heterocycles. The molecule has 3 fully saturated rings. The summed E-state index contributed by atoms with van der Waals surface area (Å²) in [5.74, 6) is -3.12. The zero-order valence-corrected chi connectivity index (χ0v) is 18.4. The Morgan fingerprint density at radius 1 is 1.12 bits per heavy atom. The second-order valence-corrected chi connectivity index (χ2v) is 9.65. The molecule has 4 atom stereocenters. The highest BCUT2D eigenvalue weighted by atomic mass is 35.5. The van der Waals surface area contributed by atoms with Gasteiger partial charge in [0.15, 0.2) is 0 Å². The maximum atomic E-state index is 13.9. The second kappa shape index (κ2) is 6.39.